The van der Waals surface area contributed by atoms with E-state index >= 15 is 0 Å². The summed E-state index contributed by atoms with van der Waals surface area (Å²) in [6, 6.07) is 7.45. The van der Waals surface area contributed by atoms with Gasteiger partial charge < -0.3 is 14.8 Å². The van der Waals surface area contributed by atoms with E-state index in [-0.39, 0.29) is 13.0 Å². The standard InChI is InChI=1S/C17H17BrF3NO3/c1-24-14-10-5-3-4-6-11(10)15(25-2)13(9-18)12(14)7-8-22-16(23)17(19,20)21/h3-6H,7-9H2,1-2H3,(H,22,23). The van der Waals surface area contributed by atoms with Gasteiger partial charge in [-0.3, -0.25) is 4.79 Å². The van der Waals surface area contributed by atoms with Crippen molar-refractivity contribution in [3.05, 3.63) is 35.4 Å². The third-order valence-corrected chi connectivity index (χ3v) is 4.35. The Kier molecular flexibility index (Phi) is 6.16. The van der Waals surface area contributed by atoms with Crippen molar-refractivity contribution < 1.29 is 27.4 Å². The molecular formula is C17H17BrF3NO3. The number of fused-ring (bicyclic) bond motifs is 1. The molecule has 8 heteroatoms. The van der Waals surface area contributed by atoms with Crippen molar-refractivity contribution in [1.29, 1.82) is 0 Å². The van der Waals surface area contributed by atoms with Crippen LogP contribution >= 0.6 is 15.9 Å². The summed E-state index contributed by atoms with van der Waals surface area (Å²) in [7, 11) is 3.04. The van der Waals surface area contributed by atoms with Gasteiger partial charge in [0, 0.05) is 33.8 Å². The first kappa shape index (κ1) is 19.4. The maximum Gasteiger partial charge on any atom is 0.471 e. The molecule has 0 unspecified atom stereocenters. The number of hydrogen-bond donors (Lipinski definition) is 1. The molecule has 0 atom stereocenters. The van der Waals surface area contributed by atoms with Crippen molar-refractivity contribution in [2.75, 3.05) is 20.8 Å². The average Bonchev–Trinajstić information content (AvgIpc) is 2.59. The van der Waals surface area contributed by atoms with Crippen LogP contribution in [0.1, 0.15) is 11.1 Å². The fourth-order valence-corrected chi connectivity index (χ4v) is 3.34. The van der Waals surface area contributed by atoms with E-state index in [0.717, 1.165) is 16.3 Å². The van der Waals surface area contributed by atoms with E-state index in [4.69, 9.17) is 9.47 Å². The fourth-order valence-electron chi connectivity index (χ4n) is 2.75. The van der Waals surface area contributed by atoms with Crippen molar-refractivity contribution in [2.45, 2.75) is 17.9 Å². The van der Waals surface area contributed by atoms with E-state index < -0.39 is 12.1 Å². The van der Waals surface area contributed by atoms with Crippen molar-refractivity contribution in [2.24, 2.45) is 0 Å². The van der Waals surface area contributed by atoms with E-state index in [0.29, 0.717) is 22.4 Å². The van der Waals surface area contributed by atoms with Crippen LogP contribution in [0.2, 0.25) is 0 Å². The van der Waals surface area contributed by atoms with Crippen LogP contribution in [0.3, 0.4) is 0 Å². The number of methoxy groups -OCH3 is 2. The molecule has 2 aromatic rings. The largest absolute Gasteiger partial charge is 0.496 e. The van der Waals surface area contributed by atoms with Gasteiger partial charge in [0.1, 0.15) is 11.5 Å². The van der Waals surface area contributed by atoms with Gasteiger partial charge in [-0.2, -0.15) is 13.2 Å². The first-order valence-corrected chi connectivity index (χ1v) is 8.52. The van der Waals surface area contributed by atoms with Crippen molar-refractivity contribution in [1.82, 2.24) is 5.32 Å². The van der Waals surface area contributed by atoms with Crippen LogP contribution in [0.25, 0.3) is 10.8 Å². The zero-order valence-corrected chi connectivity index (χ0v) is 15.3. The molecular weight excluding hydrogens is 403 g/mol. The number of halogens is 4. The van der Waals surface area contributed by atoms with E-state index in [1.807, 2.05) is 29.6 Å². The molecule has 0 spiro atoms. The van der Waals surface area contributed by atoms with Gasteiger partial charge in [-0.05, 0) is 6.42 Å². The lowest BCUT2D eigenvalue weighted by atomic mass is 9.96. The Morgan fingerprint density at radius 3 is 2.04 bits per heavy atom. The van der Waals surface area contributed by atoms with Crippen molar-refractivity contribution >= 4 is 32.6 Å². The van der Waals surface area contributed by atoms with Crippen LogP contribution in [0, 0.1) is 0 Å². The van der Waals surface area contributed by atoms with Crippen LogP contribution in [-0.2, 0) is 16.5 Å². The second-order valence-corrected chi connectivity index (χ2v) is 5.77. The molecule has 1 amide bonds. The Labute approximate surface area is 151 Å². The van der Waals surface area contributed by atoms with Gasteiger partial charge in [-0.1, -0.05) is 40.2 Å². The van der Waals surface area contributed by atoms with Crippen molar-refractivity contribution in [3.8, 4) is 11.5 Å². The van der Waals surface area contributed by atoms with Gasteiger partial charge >= 0.3 is 12.1 Å². The highest BCUT2D eigenvalue weighted by Crippen LogP contribution is 2.41. The smallest absolute Gasteiger partial charge is 0.471 e. The average molecular weight is 420 g/mol. The summed E-state index contributed by atoms with van der Waals surface area (Å²) < 4.78 is 48.0. The molecule has 0 aliphatic rings. The van der Waals surface area contributed by atoms with E-state index in [1.54, 1.807) is 0 Å². The Bertz CT molecular complexity index is 778. The summed E-state index contributed by atoms with van der Waals surface area (Å²) in [6.07, 6.45) is -4.73. The predicted octanol–water partition coefficient (Wildman–Crippen LogP) is 3.97. The number of benzene rings is 2. The van der Waals surface area contributed by atoms with Crippen molar-refractivity contribution in [3.63, 3.8) is 0 Å². The summed E-state index contributed by atoms with van der Waals surface area (Å²) in [5, 5.41) is 3.96. The Balaban J connectivity index is 2.45. The number of ether oxygens (including phenoxy) is 2. The minimum atomic E-state index is -4.90. The van der Waals surface area contributed by atoms with Crippen LogP contribution in [-0.4, -0.2) is 32.8 Å². The van der Waals surface area contributed by atoms with E-state index in [9.17, 15) is 18.0 Å². The minimum Gasteiger partial charge on any atom is -0.496 e. The second-order valence-electron chi connectivity index (χ2n) is 5.21. The number of hydrogen-bond acceptors (Lipinski definition) is 3. The maximum atomic E-state index is 12.3. The van der Waals surface area contributed by atoms with Gasteiger partial charge in [0.05, 0.1) is 14.2 Å². The maximum absolute atomic E-state index is 12.3. The third kappa shape index (κ3) is 4.00. The molecule has 2 rings (SSSR count). The minimum absolute atomic E-state index is 0.170. The van der Waals surface area contributed by atoms with E-state index in [1.165, 1.54) is 14.2 Å². The lowest BCUT2D eigenvalue weighted by Gasteiger charge is -2.20. The molecule has 0 heterocycles. The molecule has 0 aliphatic carbocycles. The van der Waals surface area contributed by atoms with Gasteiger partial charge in [0.25, 0.3) is 0 Å². The van der Waals surface area contributed by atoms with Gasteiger partial charge in [0.15, 0.2) is 0 Å². The monoisotopic (exact) mass is 419 g/mol. The second kappa shape index (κ2) is 7.95. The molecule has 0 saturated carbocycles. The number of nitrogens with one attached hydrogen (secondary N) is 1. The normalized spacial score (nSPS) is 11.4. The summed E-state index contributed by atoms with van der Waals surface area (Å²) in [4.78, 5) is 11.0. The Morgan fingerprint density at radius 1 is 1.08 bits per heavy atom. The van der Waals surface area contributed by atoms with Crippen LogP contribution in [0.4, 0.5) is 13.2 Å². The van der Waals surface area contributed by atoms with Gasteiger partial charge in [-0.15, -0.1) is 0 Å². The summed E-state index contributed by atoms with van der Waals surface area (Å²) in [6.45, 7) is -0.170. The van der Waals surface area contributed by atoms with Crippen LogP contribution in [0.15, 0.2) is 24.3 Å². The molecule has 136 valence electrons. The highest BCUT2D eigenvalue weighted by molar-refractivity contribution is 9.08. The van der Waals surface area contributed by atoms with Crippen LogP contribution < -0.4 is 14.8 Å². The first-order valence-electron chi connectivity index (χ1n) is 7.40. The molecule has 4 nitrogen and oxygen atoms in total. The lowest BCUT2D eigenvalue weighted by Crippen LogP contribution is -2.37. The Morgan fingerprint density at radius 2 is 1.60 bits per heavy atom. The molecule has 0 fully saturated rings. The summed E-state index contributed by atoms with van der Waals surface area (Å²) in [5.41, 5.74) is 1.47. The first-order chi connectivity index (χ1) is 11.8. The zero-order valence-electron chi connectivity index (χ0n) is 13.7. The van der Waals surface area contributed by atoms with Gasteiger partial charge in [-0.25, -0.2) is 0 Å². The zero-order chi connectivity index (χ0) is 18.6. The van der Waals surface area contributed by atoms with Crippen LogP contribution in [0.5, 0.6) is 11.5 Å². The molecule has 0 bridgehead atoms. The molecule has 0 saturated heterocycles. The predicted molar refractivity (Wildman–Crippen MR) is 92.5 cm³/mol. The molecule has 1 N–H and O–H groups in total. The number of rotatable bonds is 6. The summed E-state index contributed by atoms with van der Waals surface area (Å²) >= 11 is 3.40. The number of amides is 1. The highest BCUT2D eigenvalue weighted by atomic mass is 79.9. The number of carbonyl (C=O) groups excluding carboxylic acids is 1. The number of alkyl halides is 4. The fraction of sp³-hybridized carbons (Fsp3) is 0.353. The topological polar surface area (TPSA) is 47.6 Å². The van der Waals surface area contributed by atoms with Gasteiger partial charge in [0.2, 0.25) is 0 Å². The SMILES string of the molecule is COc1c(CBr)c(CCNC(=O)C(F)(F)F)c(OC)c2ccccc12. The quantitative estimate of drug-likeness (QED) is 0.720. The molecule has 2 aromatic carbocycles. The summed E-state index contributed by atoms with van der Waals surface area (Å²) in [5.74, 6) is -0.767. The lowest BCUT2D eigenvalue weighted by molar-refractivity contribution is -0.173. The molecule has 0 radical (unpaired) electrons. The third-order valence-electron chi connectivity index (χ3n) is 3.79. The molecule has 25 heavy (non-hydrogen) atoms. The highest BCUT2D eigenvalue weighted by Gasteiger charge is 2.38. The molecule has 0 aromatic heterocycles. The Hall–Kier alpha value is -1.96. The number of carbonyl (C=O) groups is 1. The van der Waals surface area contributed by atoms with E-state index in [2.05, 4.69) is 15.9 Å². The molecule has 0 aliphatic heterocycles.